The number of anilines is 1. The molecular formula is C30H23N3O4. The van der Waals surface area contributed by atoms with Gasteiger partial charge in [0.2, 0.25) is 5.91 Å². The molecule has 0 N–H and O–H groups in total. The van der Waals surface area contributed by atoms with Gasteiger partial charge >= 0.3 is 5.97 Å². The van der Waals surface area contributed by atoms with Gasteiger partial charge in [0.05, 0.1) is 32.9 Å². The third-order valence-electron chi connectivity index (χ3n) is 7.35. The molecule has 37 heavy (non-hydrogen) atoms. The van der Waals surface area contributed by atoms with E-state index in [1.165, 1.54) is 13.2 Å². The summed E-state index contributed by atoms with van der Waals surface area (Å²) in [4.78, 5) is 29.4. The van der Waals surface area contributed by atoms with Gasteiger partial charge in [-0.15, -0.1) is 0 Å². The van der Waals surface area contributed by atoms with Crippen molar-refractivity contribution in [1.29, 1.82) is 10.5 Å². The van der Waals surface area contributed by atoms with Crippen molar-refractivity contribution in [3.05, 3.63) is 107 Å². The second-order valence-electron chi connectivity index (χ2n) is 9.03. The fourth-order valence-electron chi connectivity index (χ4n) is 5.74. The lowest BCUT2D eigenvalue weighted by Gasteiger charge is -2.38. The number of hydrogen-bond donors (Lipinski definition) is 0. The van der Waals surface area contributed by atoms with E-state index < -0.39 is 28.6 Å². The first-order valence-corrected chi connectivity index (χ1v) is 11.7. The standard InChI is InChI=1S/C30H23N3O4/c1-36-22-14-12-20(13-15-22)17-33-25-11-7-6-10-24(25)30(28(33)35)26(21-8-4-3-5-9-21)23(27(34)37-2)16-29(30,18-31)19-32/h3-16,26H,17H2,1-2H3/t26-,30+/m1/s1. The number of amides is 1. The highest BCUT2D eigenvalue weighted by atomic mass is 16.5. The van der Waals surface area contributed by atoms with Gasteiger partial charge in [0.15, 0.2) is 5.41 Å². The maximum absolute atomic E-state index is 14.7. The van der Waals surface area contributed by atoms with Crippen LogP contribution in [0.25, 0.3) is 0 Å². The molecule has 7 heteroatoms. The number of hydrogen-bond acceptors (Lipinski definition) is 6. The minimum atomic E-state index is -1.95. The lowest BCUT2D eigenvalue weighted by molar-refractivity contribution is -0.136. The van der Waals surface area contributed by atoms with E-state index in [9.17, 15) is 20.1 Å². The van der Waals surface area contributed by atoms with E-state index in [1.807, 2.05) is 42.5 Å². The van der Waals surface area contributed by atoms with E-state index in [1.54, 1.807) is 48.4 Å². The van der Waals surface area contributed by atoms with E-state index in [2.05, 4.69) is 12.1 Å². The molecule has 0 aromatic heterocycles. The average molecular weight is 490 g/mol. The molecule has 0 bridgehead atoms. The number of benzene rings is 3. The fourth-order valence-corrected chi connectivity index (χ4v) is 5.74. The Bertz CT molecular complexity index is 1480. The van der Waals surface area contributed by atoms with Crippen LogP contribution in [-0.2, 0) is 26.3 Å². The van der Waals surface area contributed by atoms with E-state index in [0.29, 0.717) is 22.6 Å². The first kappa shape index (κ1) is 23.8. The zero-order valence-corrected chi connectivity index (χ0v) is 20.3. The highest BCUT2D eigenvalue weighted by Crippen LogP contribution is 2.65. The maximum atomic E-state index is 14.7. The van der Waals surface area contributed by atoms with Crippen molar-refractivity contribution in [2.75, 3.05) is 19.1 Å². The Balaban J connectivity index is 1.78. The molecule has 2 aliphatic rings. The molecule has 1 heterocycles. The summed E-state index contributed by atoms with van der Waals surface area (Å²) in [6.07, 6.45) is 1.34. The van der Waals surface area contributed by atoms with E-state index in [0.717, 1.165) is 5.56 Å². The smallest absolute Gasteiger partial charge is 0.334 e. The lowest BCUT2D eigenvalue weighted by atomic mass is 9.57. The van der Waals surface area contributed by atoms with Crippen LogP contribution in [-0.4, -0.2) is 26.1 Å². The molecule has 0 radical (unpaired) electrons. The second kappa shape index (κ2) is 8.96. The third kappa shape index (κ3) is 3.25. The summed E-state index contributed by atoms with van der Waals surface area (Å²) >= 11 is 0. The Hall–Kier alpha value is -4.88. The minimum absolute atomic E-state index is 0.117. The normalized spacial score (nSPS) is 21.1. The number of nitrogens with zero attached hydrogens (tertiary/aromatic N) is 3. The quantitative estimate of drug-likeness (QED) is 0.492. The van der Waals surface area contributed by atoms with Gasteiger partial charge < -0.3 is 14.4 Å². The summed E-state index contributed by atoms with van der Waals surface area (Å²) in [5.74, 6) is -1.32. The van der Waals surface area contributed by atoms with E-state index in [4.69, 9.17) is 9.47 Å². The van der Waals surface area contributed by atoms with Gasteiger partial charge in [0.1, 0.15) is 11.2 Å². The Labute approximate surface area is 214 Å². The monoisotopic (exact) mass is 489 g/mol. The Kier molecular flexibility index (Phi) is 5.78. The predicted octanol–water partition coefficient (Wildman–Crippen LogP) is 4.41. The molecule has 0 fully saturated rings. The van der Waals surface area contributed by atoms with E-state index in [-0.39, 0.29) is 12.1 Å². The van der Waals surface area contributed by atoms with Crippen molar-refractivity contribution in [3.63, 3.8) is 0 Å². The number of methoxy groups -OCH3 is 2. The molecule has 2 atom stereocenters. The molecule has 3 aromatic carbocycles. The van der Waals surface area contributed by atoms with Crippen LogP contribution in [0.5, 0.6) is 5.75 Å². The van der Waals surface area contributed by atoms with Crippen LogP contribution in [0.15, 0.2) is 90.5 Å². The number of esters is 1. The molecule has 1 spiro atoms. The van der Waals surface area contributed by atoms with Gasteiger partial charge in [0.25, 0.3) is 0 Å². The molecule has 1 amide bonds. The number of para-hydroxylation sites is 1. The highest BCUT2D eigenvalue weighted by molar-refractivity contribution is 6.13. The van der Waals surface area contributed by atoms with Crippen LogP contribution in [0.4, 0.5) is 5.69 Å². The zero-order chi connectivity index (χ0) is 26.2. The van der Waals surface area contributed by atoms with Crippen molar-refractivity contribution >= 4 is 17.6 Å². The molecule has 182 valence electrons. The fraction of sp³-hybridized carbons (Fsp3) is 0.200. The SMILES string of the molecule is COC(=O)C1=CC(C#N)(C#N)[C@]2(C(=O)N(Cc3ccc(OC)cc3)c3ccccc32)[C@@H]1c1ccccc1. The van der Waals surface area contributed by atoms with Crippen molar-refractivity contribution in [2.24, 2.45) is 5.41 Å². The van der Waals surface area contributed by atoms with Crippen molar-refractivity contribution in [1.82, 2.24) is 0 Å². The predicted molar refractivity (Wildman–Crippen MR) is 135 cm³/mol. The minimum Gasteiger partial charge on any atom is -0.497 e. The van der Waals surface area contributed by atoms with Crippen LogP contribution < -0.4 is 9.64 Å². The summed E-state index contributed by atoms with van der Waals surface area (Å²) < 4.78 is 10.3. The van der Waals surface area contributed by atoms with Gasteiger partial charge in [-0.1, -0.05) is 60.7 Å². The number of carbonyl (C=O) groups is 2. The summed E-state index contributed by atoms with van der Waals surface area (Å²) in [6.45, 7) is 0.212. The molecule has 0 saturated heterocycles. The number of carbonyl (C=O) groups excluding carboxylic acids is 2. The topological polar surface area (TPSA) is 103 Å². The van der Waals surface area contributed by atoms with Crippen molar-refractivity contribution in [3.8, 4) is 17.9 Å². The lowest BCUT2D eigenvalue weighted by Crippen LogP contribution is -2.52. The summed E-state index contributed by atoms with van der Waals surface area (Å²) in [6, 6.07) is 27.8. The van der Waals surface area contributed by atoms with Gasteiger partial charge in [-0.2, -0.15) is 10.5 Å². The first-order chi connectivity index (χ1) is 18.0. The van der Waals surface area contributed by atoms with Crippen molar-refractivity contribution < 1.29 is 19.1 Å². The number of allylic oxidation sites excluding steroid dienone is 1. The van der Waals surface area contributed by atoms with Crippen LogP contribution in [0, 0.1) is 28.1 Å². The summed E-state index contributed by atoms with van der Waals surface area (Å²) in [5.41, 5.74) is -0.911. The second-order valence-corrected chi connectivity index (χ2v) is 9.03. The number of rotatable bonds is 5. The van der Waals surface area contributed by atoms with Crippen LogP contribution in [0.3, 0.4) is 0 Å². The molecule has 7 nitrogen and oxygen atoms in total. The summed E-state index contributed by atoms with van der Waals surface area (Å²) in [5, 5.41) is 21.0. The Morgan fingerprint density at radius 3 is 2.22 bits per heavy atom. The number of nitriles is 2. The number of fused-ring (bicyclic) bond motifs is 2. The van der Waals surface area contributed by atoms with Gasteiger partial charge in [-0.05, 0) is 41.0 Å². The van der Waals surface area contributed by atoms with Gasteiger partial charge in [0, 0.05) is 17.2 Å². The van der Waals surface area contributed by atoms with Crippen LogP contribution in [0.2, 0.25) is 0 Å². The molecule has 5 rings (SSSR count). The maximum Gasteiger partial charge on any atom is 0.334 e. The van der Waals surface area contributed by atoms with Crippen LogP contribution >= 0.6 is 0 Å². The first-order valence-electron chi connectivity index (χ1n) is 11.7. The Morgan fingerprint density at radius 2 is 1.59 bits per heavy atom. The van der Waals surface area contributed by atoms with Crippen molar-refractivity contribution in [2.45, 2.75) is 17.9 Å². The zero-order valence-electron chi connectivity index (χ0n) is 20.3. The number of ether oxygens (including phenoxy) is 2. The van der Waals surface area contributed by atoms with Gasteiger partial charge in [-0.25, -0.2) is 4.79 Å². The molecular weight excluding hydrogens is 466 g/mol. The third-order valence-corrected chi connectivity index (χ3v) is 7.35. The van der Waals surface area contributed by atoms with E-state index >= 15 is 0 Å². The molecule has 3 aromatic rings. The van der Waals surface area contributed by atoms with Gasteiger partial charge in [-0.3, -0.25) is 4.79 Å². The summed E-state index contributed by atoms with van der Waals surface area (Å²) in [7, 11) is 2.83. The largest absolute Gasteiger partial charge is 0.497 e. The Morgan fingerprint density at radius 1 is 0.946 bits per heavy atom. The molecule has 0 saturated carbocycles. The molecule has 0 unspecified atom stereocenters. The molecule has 1 aliphatic heterocycles. The highest BCUT2D eigenvalue weighted by Gasteiger charge is 2.72. The molecule has 1 aliphatic carbocycles. The average Bonchev–Trinajstić information content (AvgIpc) is 3.40. The van der Waals surface area contributed by atoms with Crippen LogP contribution in [0.1, 0.15) is 22.6 Å².